The number of hydrogen-bond donors (Lipinski definition) is 0. The zero-order valence-electron chi connectivity index (χ0n) is 11.6. The molecule has 0 atom stereocenters. The third-order valence-electron chi connectivity index (χ3n) is 3.72. The van der Waals surface area contributed by atoms with Crippen LogP contribution in [0.4, 0.5) is 13.2 Å². The summed E-state index contributed by atoms with van der Waals surface area (Å²) in [4.78, 5) is 1.27. The lowest BCUT2D eigenvalue weighted by atomic mass is 10.0. The van der Waals surface area contributed by atoms with Gasteiger partial charge >= 0.3 is 6.18 Å². The minimum atomic E-state index is -4.29. The van der Waals surface area contributed by atoms with Gasteiger partial charge in [0.2, 0.25) is 0 Å². The highest BCUT2D eigenvalue weighted by atomic mass is 32.1. The predicted octanol–water partition coefficient (Wildman–Crippen LogP) is 6.20. The first kappa shape index (κ1) is 14.1. The number of fused-ring (bicyclic) bond motifs is 1. The minimum Gasteiger partial charge on any atom is -0.166 e. The van der Waals surface area contributed by atoms with Gasteiger partial charge in [0.25, 0.3) is 0 Å². The fraction of sp³-hybridized carbons (Fsp3) is 0.176. The van der Waals surface area contributed by atoms with Gasteiger partial charge in [0.05, 0.1) is 5.56 Å². The monoisotopic (exact) mass is 306 g/mol. The van der Waals surface area contributed by atoms with E-state index in [1.807, 2.05) is 18.2 Å². The van der Waals surface area contributed by atoms with Crippen molar-refractivity contribution < 1.29 is 13.2 Å². The Morgan fingerprint density at radius 2 is 1.48 bits per heavy atom. The van der Waals surface area contributed by atoms with Crippen molar-refractivity contribution in [2.45, 2.75) is 20.0 Å². The average molecular weight is 306 g/mol. The van der Waals surface area contributed by atoms with E-state index in [9.17, 15) is 13.2 Å². The van der Waals surface area contributed by atoms with Gasteiger partial charge in [0.15, 0.2) is 0 Å². The lowest BCUT2D eigenvalue weighted by Gasteiger charge is -2.08. The van der Waals surface area contributed by atoms with Gasteiger partial charge in [-0.1, -0.05) is 24.3 Å². The van der Waals surface area contributed by atoms with Crippen LogP contribution in [0.5, 0.6) is 0 Å². The second kappa shape index (κ2) is 4.88. The number of thiophene rings is 1. The molecule has 1 heterocycles. The fourth-order valence-corrected chi connectivity index (χ4v) is 3.49. The van der Waals surface area contributed by atoms with Crippen LogP contribution in [0.15, 0.2) is 42.5 Å². The summed E-state index contributed by atoms with van der Waals surface area (Å²) >= 11 is 1.71. The number of halogens is 3. The molecule has 3 rings (SSSR count). The largest absolute Gasteiger partial charge is 0.416 e. The van der Waals surface area contributed by atoms with Crippen LogP contribution in [0.25, 0.3) is 21.2 Å². The Labute approximate surface area is 124 Å². The Morgan fingerprint density at radius 3 is 2.10 bits per heavy atom. The maximum absolute atomic E-state index is 12.6. The van der Waals surface area contributed by atoms with Crippen LogP contribution in [0.3, 0.4) is 0 Å². The van der Waals surface area contributed by atoms with Crippen molar-refractivity contribution in [2.75, 3.05) is 0 Å². The molecular weight excluding hydrogens is 293 g/mol. The van der Waals surface area contributed by atoms with Gasteiger partial charge < -0.3 is 0 Å². The molecular formula is C17H13F3S. The number of hydrogen-bond acceptors (Lipinski definition) is 1. The van der Waals surface area contributed by atoms with E-state index < -0.39 is 11.7 Å². The molecule has 4 heteroatoms. The van der Waals surface area contributed by atoms with E-state index in [2.05, 4.69) is 13.8 Å². The Kier molecular flexibility index (Phi) is 3.29. The Balaban J connectivity index is 2.04. The molecule has 0 amide bonds. The third kappa shape index (κ3) is 2.56. The molecule has 0 fully saturated rings. The van der Waals surface area contributed by atoms with Crippen LogP contribution in [0, 0.1) is 13.8 Å². The van der Waals surface area contributed by atoms with Crippen LogP contribution in [-0.4, -0.2) is 0 Å². The molecule has 0 bridgehead atoms. The highest BCUT2D eigenvalue weighted by molar-refractivity contribution is 7.19. The van der Waals surface area contributed by atoms with Gasteiger partial charge in [-0.15, -0.1) is 11.3 Å². The summed E-state index contributed by atoms with van der Waals surface area (Å²) in [6.07, 6.45) is -4.29. The summed E-state index contributed by atoms with van der Waals surface area (Å²) in [5.74, 6) is 0. The van der Waals surface area contributed by atoms with Crippen LogP contribution < -0.4 is 0 Å². The van der Waals surface area contributed by atoms with Crippen LogP contribution in [0.2, 0.25) is 0 Å². The van der Waals surface area contributed by atoms with Crippen molar-refractivity contribution in [1.29, 1.82) is 0 Å². The summed E-state index contributed by atoms with van der Waals surface area (Å²) in [5, 5.41) is 1.22. The van der Waals surface area contributed by atoms with Gasteiger partial charge in [-0.25, -0.2) is 0 Å². The zero-order valence-corrected chi connectivity index (χ0v) is 12.4. The molecule has 0 aliphatic carbocycles. The fourth-order valence-electron chi connectivity index (χ4n) is 2.38. The highest BCUT2D eigenvalue weighted by Crippen LogP contribution is 2.35. The molecule has 0 nitrogen and oxygen atoms in total. The maximum Gasteiger partial charge on any atom is 0.416 e. The van der Waals surface area contributed by atoms with Crippen molar-refractivity contribution in [2.24, 2.45) is 0 Å². The van der Waals surface area contributed by atoms with E-state index >= 15 is 0 Å². The average Bonchev–Trinajstić information content (AvgIpc) is 2.73. The molecule has 21 heavy (non-hydrogen) atoms. The molecule has 108 valence electrons. The summed E-state index contributed by atoms with van der Waals surface area (Å²) in [6.45, 7) is 4.17. The SMILES string of the molecule is Cc1sc2cc(-c3ccc(C(F)(F)F)cc3)ccc2c1C. The van der Waals surface area contributed by atoms with E-state index in [1.165, 1.54) is 32.7 Å². The molecule has 2 aromatic carbocycles. The van der Waals surface area contributed by atoms with Gasteiger partial charge in [-0.05, 0) is 54.1 Å². The number of aryl methyl sites for hydroxylation is 2. The van der Waals surface area contributed by atoms with Crippen LogP contribution in [0.1, 0.15) is 16.0 Å². The standard InChI is InChI=1S/C17H13F3S/c1-10-11(2)21-16-9-13(5-8-15(10)16)12-3-6-14(7-4-12)17(18,19)20/h3-9H,1-2H3. The van der Waals surface area contributed by atoms with Crippen molar-refractivity contribution in [3.63, 3.8) is 0 Å². The van der Waals surface area contributed by atoms with Crippen molar-refractivity contribution in [3.8, 4) is 11.1 Å². The Morgan fingerprint density at radius 1 is 0.857 bits per heavy atom. The van der Waals surface area contributed by atoms with E-state index in [0.29, 0.717) is 0 Å². The van der Waals surface area contributed by atoms with E-state index in [-0.39, 0.29) is 0 Å². The van der Waals surface area contributed by atoms with Gasteiger partial charge in [0.1, 0.15) is 0 Å². The smallest absolute Gasteiger partial charge is 0.166 e. The quantitative estimate of drug-likeness (QED) is 0.502. The Hall–Kier alpha value is -1.81. The van der Waals surface area contributed by atoms with Crippen LogP contribution in [-0.2, 0) is 6.18 Å². The number of rotatable bonds is 1. The van der Waals surface area contributed by atoms with E-state index in [4.69, 9.17) is 0 Å². The molecule has 3 aromatic rings. The first-order valence-corrected chi connectivity index (χ1v) is 7.35. The summed E-state index contributed by atoms with van der Waals surface area (Å²) < 4.78 is 38.9. The van der Waals surface area contributed by atoms with Gasteiger partial charge in [-0.3, -0.25) is 0 Å². The summed E-state index contributed by atoms with van der Waals surface area (Å²) in [6, 6.07) is 11.4. The minimum absolute atomic E-state index is 0.616. The lowest BCUT2D eigenvalue weighted by molar-refractivity contribution is -0.137. The summed E-state index contributed by atoms with van der Waals surface area (Å²) in [7, 11) is 0. The topological polar surface area (TPSA) is 0 Å². The van der Waals surface area contributed by atoms with Gasteiger partial charge in [-0.2, -0.15) is 13.2 Å². The maximum atomic E-state index is 12.6. The summed E-state index contributed by atoms with van der Waals surface area (Å²) in [5.41, 5.74) is 2.40. The molecule has 0 radical (unpaired) electrons. The first-order valence-electron chi connectivity index (χ1n) is 6.53. The normalized spacial score (nSPS) is 12.0. The second-order valence-corrected chi connectivity index (χ2v) is 6.33. The molecule has 0 N–H and O–H groups in total. The number of benzene rings is 2. The van der Waals surface area contributed by atoms with Crippen molar-refractivity contribution in [3.05, 3.63) is 58.5 Å². The molecule has 0 saturated carbocycles. The lowest BCUT2D eigenvalue weighted by Crippen LogP contribution is -2.03. The van der Waals surface area contributed by atoms with Gasteiger partial charge in [0, 0.05) is 9.58 Å². The molecule has 0 aliphatic heterocycles. The molecule has 1 aromatic heterocycles. The zero-order chi connectivity index (χ0) is 15.2. The second-order valence-electron chi connectivity index (χ2n) is 5.07. The van der Waals surface area contributed by atoms with Crippen molar-refractivity contribution >= 4 is 21.4 Å². The Bertz CT molecular complexity index is 795. The highest BCUT2D eigenvalue weighted by Gasteiger charge is 2.29. The van der Waals surface area contributed by atoms with Crippen molar-refractivity contribution in [1.82, 2.24) is 0 Å². The number of alkyl halides is 3. The molecule has 0 unspecified atom stereocenters. The molecule has 0 saturated heterocycles. The molecule has 0 spiro atoms. The van der Waals surface area contributed by atoms with E-state index in [1.54, 1.807) is 11.3 Å². The predicted molar refractivity (Wildman–Crippen MR) is 81.7 cm³/mol. The first-order chi connectivity index (χ1) is 9.86. The van der Waals surface area contributed by atoms with Crippen LogP contribution >= 0.6 is 11.3 Å². The third-order valence-corrected chi connectivity index (χ3v) is 4.89. The molecule has 0 aliphatic rings. The van der Waals surface area contributed by atoms with E-state index in [0.717, 1.165) is 23.3 Å².